The summed E-state index contributed by atoms with van der Waals surface area (Å²) in [5, 5.41) is 13.6. The highest BCUT2D eigenvalue weighted by Gasteiger charge is 2.38. The van der Waals surface area contributed by atoms with E-state index in [1.165, 1.54) is 0 Å². The van der Waals surface area contributed by atoms with E-state index >= 15 is 0 Å². The summed E-state index contributed by atoms with van der Waals surface area (Å²) >= 11 is 0. The second-order valence-corrected chi connectivity index (χ2v) is 8.29. The van der Waals surface area contributed by atoms with Gasteiger partial charge in [0, 0.05) is 32.0 Å². The largest absolute Gasteiger partial charge is 0.388 e. The van der Waals surface area contributed by atoms with Gasteiger partial charge in [-0.05, 0) is 50.9 Å². The number of nitrogens with one attached hydrogen (secondary N) is 1. The van der Waals surface area contributed by atoms with Crippen LogP contribution in [0.3, 0.4) is 0 Å². The maximum Gasteiger partial charge on any atom is 0.222 e. The van der Waals surface area contributed by atoms with Gasteiger partial charge in [-0.2, -0.15) is 0 Å². The lowest BCUT2D eigenvalue weighted by Crippen LogP contribution is -2.49. The fraction of sp³-hybridized carbons (Fsp3) is 0.889. The van der Waals surface area contributed by atoms with Crippen molar-refractivity contribution in [3.05, 3.63) is 0 Å². The monoisotopic (exact) mass is 324 g/mol. The third kappa shape index (κ3) is 5.20. The van der Waals surface area contributed by atoms with E-state index in [0.29, 0.717) is 19.4 Å². The highest BCUT2D eigenvalue weighted by Crippen LogP contribution is 2.40. The van der Waals surface area contributed by atoms with E-state index in [0.717, 1.165) is 45.1 Å². The van der Waals surface area contributed by atoms with Crippen LogP contribution in [-0.4, -0.2) is 46.6 Å². The summed E-state index contributed by atoms with van der Waals surface area (Å²) in [6.45, 7) is 7.34. The molecule has 5 nitrogen and oxygen atoms in total. The summed E-state index contributed by atoms with van der Waals surface area (Å²) in [6, 6.07) is -0.0692. The van der Waals surface area contributed by atoms with Gasteiger partial charge in [-0.15, -0.1) is 0 Å². The minimum absolute atomic E-state index is 0.0692. The Morgan fingerprint density at radius 2 is 2.04 bits per heavy atom. The second-order valence-electron chi connectivity index (χ2n) is 8.29. The van der Waals surface area contributed by atoms with Crippen LogP contribution < -0.4 is 5.32 Å². The molecule has 2 rings (SSSR count). The number of nitrogens with zero attached hydrogens (tertiary/aromatic N) is 1. The lowest BCUT2D eigenvalue weighted by molar-refractivity contribution is -0.136. The van der Waals surface area contributed by atoms with E-state index < -0.39 is 5.60 Å². The summed E-state index contributed by atoms with van der Waals surface area (Å²) in [6.07, 6.45) is 6.47. The first-order valence-electron chi connectivity index (χ1n) is 8.99. The third-order valence-corrected chi connectivity index (χ3v) is 5.29. The van der Waals surface area contributed by atoms with Gasteiger partial charge in [-0.25, -0.2) is 0 Å². The van der Waals surface area contributed by atoms with Crippen LogP contribution in [0.25, 0.3) is 0 Å². The minimum atomic E-state index is -0.790. The molecular weight excluding hydrogens is 292 g/mol. The molecular formula is C18H32N2O3. The average molecular weight is 324 g/mol. The number of carbonyl (C=O) groups is 2. The number of carbonyl (C=O) groups excluding carboxylic acids is 2. The van der Waals surface area contributed by atoms with Crippen molar-refractivity contribution in [3.8, 4) is 0 Å². The predicted molar refractivity (Wildman–Crippen MR) is 89.9 cm³/mol. The molecule has 2 N–H and O–H groups in total. The number of aliphatic hydroxyl groups is 1. The summed E-state index contributed by atoms with van der Waals surface area (Å²) in [5.74, 6) is 0.0805. The second kappa shape index (κ2) is 7.20. The zero-order valence-corrected chi connectivity index (χ0v) is 14.9. The van der Waals surface area contributed by atoms with E-state index in [4.69, 9.17) is 0 Å². The van der Waals surface area contributed by atoms with Crippen molar-refractivity contribution in [2.45, 2.75) is 83.8 Å². The van der Waals surface area contributed by atoms with Gasteiger partial charge in [0.1, 0.15) is 0 Å². The zero-order valence-electron chi connectivity index (χ0n) is 14.9. The molecule has 2 aliphatic rings. The molecule has 0 radical (unpaired) electrons. The molecule has 1 aliphatic heterocycles. The summed E-state index contributed by atoms with van der Waals surface area (Å²) in [5.41, 5.74) is -0.660. The van der Waals surface area contributed by atoms with Crippen molar-refractivity contribution in [2.24, 2.45) is 5.41 Å². The molecule has 0 aromatic carbocycles. The normalized spacial score (nSPS) is 29.2. The maximum absolute atomic E-state index is 12.2. The van der Waals surface area contributed by atoms with Crippen LogP contribution in [0.15, 0.2) is 0 Å². The average Bonchev–Trinajstić information content (AvgIpc) is 2.44. The van der Waals surface area contributed by atoms with Gasteiger partial charge in [0.25, 0.3) is 0 Å². The maximum atomic E-state index is 12.2. The molecule has 1 aliphatic carbocycles. The fourth-order valence-corrected chi connectivity index (χ4v) is 4.12. The quantitative estimate of drug-likeness (QED) is 0.815. The first-order chi connectivity index (χ1) is 10.7. The Bertz CT molecular complexity index is 450. The first-order valence-corrected chi connectivity index (χ1v) is 8.99. The van der Waals surface area contributed by atoms with Gasteiger partial charge >= 0.3 is 0 Å². The Hall–Kier alpha value is -1.10. The van der Waals surface area contributed by atoms with E-state index in [-0.39, 0.29) is 23.3 Å². The molecule has 0 aromatic rings. The van der Waals surface area contributed by atoms with Crippen LogP contribution in [-0.2, 0) is 9.59 Å². The van der Waals surface area contributed by atoms with Crippen LogP contribution >= 0.6 is 0 Å². The highest BCUT2D eigenvalue weighted by molar-refractivity contribution is 5.80. The number of hydrogen-bond acceptors (Lipinski definition) is 3. The topological polar surface area (TPSA) is 69.6 Å². The number of hydrogen-bond donors (Lipinski definition) is 2. The Morgan fingerprint density at radius 3 is 2.70 bits per heavy atom. The van der Waals surface area contributed by atoms with Gasteiger partial charge in [0.15, 0.2) is 0 Å². The smallest absolute Gasteiger partial charge is 0.222 e. The highest BCUT2D eigenvalue weighted by atomic mass is 16.3. The van der Waals surface area contributed by atoms with Crippen LogP contribution in [0.4, 0.5) is 0 Å². The van der Waals surface area contributed by atoms with E-state index in [1.54, 1.807) is 0 Å². The van der Waals surface area contributed by atoms with Gasteiger partial charge in [0.05, 0.1) is 5.60 Å². The van der Waals surface area contributed by atoms with Crippen LogP contribution in [0.1, 0.15) is 72.1 Å². The molecule has 132 valence electrons. The Labute approximate surface area is 139 Å². The van der Waals surface area contributed by atoms with E-state index in [1.807, 2.05) is 11.8 Å². The predicted octanol–water partition coefficient (Wildman–Crippen LogP) is 2.22. The van der Waals surface area contributed by atoms with Crippen LogP contribution in [0.2, 0.25) is 0 Å². The van der Waals surface area contributed by atoms with Gasteiger partial charge < -0.3 is 15.3 Å². The standard InChI is InChI=1S/C18H32N2O3/c1-14(20-10-5-4-7-16(20)22)11-15(21)19-13-18(23)9-6-8-17(2,3)12-18/h14,23H,4-13H2,1-3H3,(H,19,21)/t14-,18-/m0/s1. The van der Waals surface area contributed by atoms with Crippen molar-refractivity contribution >= 4 is 11.8 Å². The summed E-state index contributed by atoms with van der Waals surface area (Å²) in [7, 11) is 0. The summed E-state index contributed by atoms with van der Waals surface area (Å²) < 4.78 is 0. The fourth-order valence-electron chi connectivity index (χ4n) is 4.12. The molecule has 0 spiro atoms. The van der Waals surface area contributed by atoms with Crippen molar-refractivity contribution in [2.75, 3.05) is 13.1 Å². The Kier molecular flexibility index (Phi) is 5.71. The molecule has 1 heterocycles. The third-order valence-electron chi connectivity index (χ3n) is 5.29. The number of amides is 2. The number of piperidine rings is 1. The van der Waals surface area contributed by atoms with Crippen molar-refractivity contribution < 1.29 is 14.7 Å². The molecule has 1 saturated heterocycles. The molecule has 2 atom stereocenters. The van der Waals surface area contributed by atoms with Crippen molar-refractivity contribution in [3.63, 3.8) is 0 Å². The molecule has 2 fully saturated rings. The molecule has 5 heteroatoms. The van der Waals surface area contributed by atoms with E-state index in [9.17, 15) is 14.7 Å². The first kappa shape index (κ1) is 18.2. The van der Waals surface area contributed by atoms with Crippen molar-refractivity contribution in [1.29, 1.82) is 0 Å². The zero-order chi connectivity index (χ0) is 17.1. The molecule has 1 saturated carbocycles. The number of likely N-dealkylation sites (tertiary alicyclic amines) is 1. The van der Waals surface area contributed by atoms with Gasteiger partial charge in [-0.3, -0.25) is 9.59 Å². The molecule has 23 heavy (non-hydrogen) atoms. The molecule has 2 amide bonds. The summed E-state index contributed by atoms with van der Waals surface area (Å²) in [4.78, 5) is 25.9. The lowest BCUT2D eigenvalue weighted by Gasteiger charge is -2.41. The van der Waals surface area contributed by atoms with Gasteiger partial charge in [-0.1, -0.05) is 13.8 Å². The van der Waals surface area contributed by atoms with Crippen molar-refractivity contribution in [1.82, 2.24) is 10.2 Å². The number of rotatable bonds is 5. The molecule has 0 aromatic heterocycles. The lowest BCUT2D eigenvalue weighted by atomic mass is 9.70. The van der Waals surface area contributed by atoms with Crippen LogP contribution in [0.5, 0.6) is 0 Å². The minimum Gasteiger partial charge on any atom is -0.388 e. The Morgan fingerprint density at radius 1 is 1.30 bits per heavy atom. The van der Waals surface area contributed by atoms with Gasteiger partial charge in [0.2, 0.25) is 11.8 Å². The molecule has 0 bridgehead atoms. The van der Waals surface area contributed by atoms with E-state index in [2.05, 4.69) is 19.2 Å². The molecule has 0 unspecified atom stereocenters. The SMILES string of the molecule is C[C@@H](CC(=O)NC[C@]1(O)CCCC(C)(C)C1)N1CCCCC1=O. The van der Waals surface area contributed by atoms with Crippen LogP contribution in [0, 0.1) is 5.41 Å². The Balaban J connectivity index is 1.79.